The Morgan fingerprint density at radius 1 is 1.38 bits per heavy atom. The summed E-state index contributed by atoms with van der Waals surface area (Å²) in [7, 11) is 5.58. The van der Waals surface area contributed by atoms with E-state index in [9.17, 15) is 5.11 Å². The second-order valence-corrected chi connectivity index (χ2v) is 5.92. The average molecular weight is 332 g/mol. The first-order chi connectivity index (χ1) is 11.3. The summed E-state index contributed by atoms with van der Waals surface area (Å²) >= 11 is 0. The van der Waals surface area contributed by atoms with Gasteiger partial charge in [0, 0.05) is 26.2 Å². The van der Waals surface area contributed by atoms with Crippen LogP contribution in [0.5, 0.6) is 5.75 Å². The van der Waals surface area contributed by atoms with Crippen molar-refractivity contribution in [3.05, 3.63) is 17.7 Å². The van der Waals surface area contributed by atoms with Crippen molar-refractivity contribution >= 4 is 28.6 Å². The van der Waals surface area contributed by atoms with Crippen LogP contribution in [0.25, 0.3) is 0 Å². The van der Waals surface area contributed by atoms with Crippen molar-refractivity contribution in [2.75, 3.05) is 46.2 Å². The minimum Gasteiger partial charge on any atom is -0.508 e. The Hall–Kier alpha value is -2.45. The number of phenols is 1. The Morgan fingerprint density at radius 3 is 2.71 bits per heavy atom. The first-order valence-electron chi connectivity index (χ1n) is 7.65. The number of nitrogens with one attached hydrogen (secondary N) is 2. The number of rotatable bonds is 6. The second-order valence-electron chi connectivity index (χ2n) is 5.92. The standard InChI is InChI=1S/C16H24N6O2/c1-10-7-12(11(8-14(10)24)18-5-6-23)19-15-13(9-21(2)3)20-22(4)16(15)17/h7-8,17-18,23-24H,5-6,9H2,1-4H3. The van der Waals surface area contributed by atoms with E-state index in [1.807, 2.05) is 19.0 Å². The summed E-state index contributed by atoms with van der Waals surface area (Å²) in [5.74, 6) is 0.380. The zero-order valence-electron chi connectivity index (χ0n) is 14.5. The molecule has 0 atom stereocenters. The lowest BCUT2D eigenvalue weighted by Gasteiger charge is -2.13. The maximum atomic E-state index is 9.92. The predicted molar refractivity (Wildman–Crippen MR) is 97.0 cm³/mol. The van der Waals surface area contributed by atoms with Gasteiger partial charge in [0.1, 0.15) is 17.2 Å². The number of aliphatic imine (C=N–C) groups is 1. The number of nitrogens with zero attached hydrogens (tertiary/aromatic N) is 4. The van der Waals surface area contributed by atoms with E-state index in [2.05, 4.69) is 15.4 Å². The van der Waals surface area contributed by atoms with Crippen LogP contribution in [0.15, 0.2) is 22.2 Å². The van der Waals surface area contributed by atoms with Gasteiger partial charge in [-0.15, -0.1) is 0 Å². The van der Waals surface area contributed by atoms with Crippen LogP contribution in [0.4, 0.5) is 11.4 Å². The Balaban J connectivity index is 2.46. The van der Waals surface area contributed by atoms with E-state index in [0.717, 1.165) is 0 Å². The number of hydrogen-bond acceptors (Lipinski definition) is 7. The van der Waals surface area contributed by atoms with E-state index in [1.54, 1.807) is 26.1 Å². The Bertz CT molecular complexity index is 696. The van der Waals surface area contributed by atoms with Crippen LogP contribution in [0.2, 0.25) is 0 Å². The highest BCUT2D eigenvalue weighted by molar-refractivity contribution is 6.70. The molecule has 1 aliphatic heterocycles. The number of phenolic OH excluding ortho intramolecular Hbond substituents is 1. The van der Waals surface area contributed by atoms with Crippen molar-refractivity contribution in [3.8, 4) is 5.75 Å². The molecule has 0 spiro atoms. The van der Waals surface area contributed by atoms with Crippen molar-refractivity contribution < 1.29 is 10.2 Å². The monoisotopic (exact) mass is 332 g/mol. The molecule has 0 fully saturated rings. The number of aliphatic hydroxyl groups excluding tert-OH is 1. The smallest absolute Gasteiger partial charge is 0.169 e. The van der Waals surface area contributed by atoms with Crippen molar-refractivity contribution in [1.29, 1.82) is 5.41 Å². The van der Waals surface area contributed by atoms with Gasteiger partial charge in [-0.3, -0.25) is 5.41 Å². The molecular weight excluding hydrogens is 308 g/mol. The molecule has 0 unspecified atom stereocenters. The fourth-order valence-electron chi connectivity index (χ4n) is 2.32. The van der Waals surface area contributed by atoms with Crippen molar-refractivity contribution in [2.24, 2.45) is 10.1 Å². The van der Waals surface area contributed by atoms with Crippen LogP contribution in [0.3, 0.4) is 0 Å². The first kappa shape index (κ1) is 17.9. The first-order valence-corrected chi connectivity index (χ1v) is 7.65. The molecular formula is C16H24N6O2. The number of amidine groups is 1. The van der Waals surface area contributed by atoms with Gasteiger partial charge >= 0.3 is 0 Å². The molecule has 1 aliphatic rings. The van der Waals surface area contributed by atoms with Gasteiger partial charge in [0.25, 0.3) is 0 Å². The highest BCUT2D eigenvalue weighted by atomic mass is 16.3. The largest absolute Gasteiger partial charge is 0.508 e. The average Bonchev–Trinajstić information content (AvgIpc) is 2.76. The van der Waals surface area contributed by atoms with Crippen LogP contribution >= 0.6 is 0 Å². The molecule has 0 aromatic heterocycles. The summed E-state index contributed by atoms with van der Waals surface area (Å²) in [4.78, 5) is 6.58. The Morgan fingerprint density at radius 2 is 2.08 bits per heavy atom. The van der Waals surface area contributed by atoms with Gasteiger partial charge < -0.3 is 20.4 Å². The van der Waals surface area contributed by atoms with Gasteiger partial charge in [0.05, 0.1) is 18.0 Å². The number of aryl methyl sites for hydroxylation is 1. The minimum atomic E-state index is -0.0312. The van der Waals surface area contributed by atoms with E-state index in [0.29, 0.717) is 41.5 Å². The molecule has 1 aromatic carbocycles. The number of hydrazone groups is 1. The molecule has 8 heteroatoms. The number of aliphatic hydroxyl groups is 1. The van der Waals surface area contributed by atoms with E-state index in [4.69, 9.17) is 10.5 Å². The van der Waals surface area contributed by atoms with Gasteiger partial charge in [0.2, 0.25) is 0 Å². The lowest BCUT2D eigenvalue weighted by atomic mass is 10.1. The van der Waals surface area contributed by atoms with E-state index < -0.39 is 0 Å². The van der Waals surface area contributed by atoms with Crippen LogP contribution in [0, 0.1) is 12.3 Å². The zero-order valence-corrected chi connectivity index (χ0v) is 14.5. The Kier molecular flexibility index (Phi) is 5.53. The minimum absolute atomic E-state index is 0.0312. The molecule has 8 nitrogen and oxygen atoms in total. The third kappa shape index (κ3) is 3.90. The molecule has 4 N–H and O–H groups in total. The third-order valence-corrected chi connectivity index (χ3v) is 3.53. The van der Waals surface area contributed by atoms with Gasteiger partial charge in [-0.2, -0.15) is 5.10 Å². The fraction of sp³-hybridized carbons (Fsp3) is 0.438. The summed E-state index contributed by atoms with van der Waals surface area (Å²) < 4.78 is 0. The van der Waals surface area contributed by atoms with Gasteiger partial charge in [-0.05, 0) is 32.6 Å². The highest BCUT2D eigenvalue weighted by Crippen LogP contribution is 2.32. The number of benzene rings is 1. The molecule has 0 aliphatic carbocycles. The number of aromatic hydroxyl groups is 1. The van der Waals surface area contributed by atoms with Crippen LogP contribution in [-0.4, -0.2) is 78.2 Å². The van der Waals surface area contributed by atoms with Crippen LogP contribution in [0.1, 0.15) is 5.56 Å². The molecule has 0 saturated carbocycles. The summed E-state index contributed by atoms with van der Waals surface area (Å²) in [5.41, 5.74) is 3.11. The topological polar surface area (TPSA) is 108 Å². The number of anilines is 1. The zero-order chi connectivity index (χ0) is 17.9. The second kappa shape index (κ2) is 7.41. The van der Waals surface area contributed by atoms with Crippen molar-refractivity contribution in [1.82, 2.24) is 9.91 Å². The summed E-state index contributed by atoms with van der Waals surface area (Å²) in [6, 6.07) is 3.33. The van der Waals surface area contributed by atoms with Gasteiger partial charge in [-0.1, -0.05) is 0 Å². The van der Waals surface area contributed by atoms with E-state index >= 15 is 0 Å². The van der Waals surface area contributed by atoms with E-state index in [-0.39, 0.29) is 18.2 Å². The summed E-state index contributed by atoms with van der Waals surface area (Å²) in [6.07, 6.45) is 0. The fourth-order valence-corrected chi connectivity index (χ4v) is 2.32. The van der Waals surface area contributed by atoms with Gasteiger partial charge in [0.15, 0.2) is 5.84 Å². The van der Waals surface area contributed by atoms with E-state index in [1.165, 1.54) is 5.01 Å². The molecule has 0 amide bonds. The maximum absolute atomic E-state index is 9.92. The van der Waals surface area contributed by atoms with Crippen LogP contribution < -0.4 is 5.32 Å². The summed E-state index contributed by atoms with van der Waals surface area (Å²) in [6.45, 7) is 2.67. The molecule has 2 rings (SSSR count). The lowest BCUT2D eigenvalue weighted by molar-refractivity contribution is 0.311. The van der Waals surface area contributed by atoms with Gasteiger partial charge in [-0.25, -0.2) is 10.0 Å². The molecule has 24 heavy (non-hydrogen) atoms. The lowest BCUT2D eigenvalue weighted by Crippen LogP contribution is -2.30. The molecule has 1 heterocycles. The molecule has 0 bridgehead atoms. The molecule has 0 radical (unpaired) electrons. The summed E-state index contributed by atoms with van der Waals surface area (Å²) in [5, 5.41) is 36.0. The maximum Gasteiger partial charge on any atom is 0.169 e. The van der Waals surface area contributed by atoms with Crippen LogP contribution in [-0.2, 0) is 0 Å². The molecule has 1 aromatic rings. The predicted octanol–water partition coefficient (Wildman–Crippen LogP) is 1.02. The Labute approximate surface area is 141 Å². The SMILES string of the molecule is Cc1cc(N=C2C(=N)N(C)N=C2CN(C)C)c(NCCO)cc1O. The quantitative estimate of drug-likeness (QED) is 0.622. The van der Waals surface area contributed by atoms with Crippen molar-refractivity contribution in [2.45, 2.75) is 6.92 Å². The molecule has 0 saturated heterocycles. The third-order valence-electron chi connectivity index (χ3n) is 3.53. The normalized spacial score (nSPS) is 16.2. The highest BCUT2D eigenvalue weighted by Gasteiger charge is 2.26. The molecule has 130 valence electrons. The van der Waals surface area contributed by atoms with Crippen molar-refractivity contribution in [3.63, 3.8) is 0 Å². The number of hydrogen-bond donors (Lipinski definition) is 4.